The quantitative estimate of drug-likeness (QED) is 0.808. The van der Waals surface area contributed by atoms with Gasteiger partial charge < -0.3 is 10.5 Å². The van der Waals surface area contributed by atoms with Crippen molar-refractivity contribution >= 4 is 11.8 Å². The Morgan fingerprint density at radius 3 is 2.80 bits per heavy atom. The van der Waals surface area contributed by atoms with Crippen molar-refractivity contribution in [2.75, 3.05) is 12.4 Å². The molecule has 84 valence electrons. The molecular formula is C12H19NOS. The van der Waals surface area contributed by atoms with Gasteiger partial charge in [0, 0.05) is 23.1 Å². The van der Waals surface area contributed by atoms with E-state index < -0.39 is 0 Å². The minimum absolute atomic E-state index is 0.259. The first kappa shape index (κ1) is 12.4. The third-order valence-corrected chi connectivity index (χ3v) is 3.19. The van der Waals surface area contributed by atoms with Crippen LogP contribution in [0.4, 0.5) is 0 Å². The Hall–Kier alpha value is -0.670. The summed E-state index contributed by atoms with van der Waals surface area (Å²) in [4.78, 5) is 0. The molecule has 1 unspecified atom stereocenters. The lowest BCUT2D eigenvalue weighted by atomic mass is 10.2. The number of para-hydroxylation sites is 1. The number of rotatable bonds is 6. The van der Waals surface area contributed by atoms with Crippen LogP contribution in [-0.2, 0) is 5.75 Å². The highest BCUT2D eigenvalue weighted by Crippen LogP contribution is 2.23. The van der Waals surface area contributed by atoms with Crippen molar-refractivity contribution in [1.82, 2.24) is 0 Å². The second-order valence-corrected chi connectivity index (χ2v) is 4.56. The zero-order chi connectivity index (χ0) is 11.1. The van der Waals surface area contributed by atoms with Gasteiger partial charge in [-0.15, -0.1) is 0 Å². The number of hydrogen-bond donors (Lipinski definition) is 1. The first-order chi connectivity index (χ1) is 7.24. The normalized spacial score (nSPS) is 12.5. The fraction of sp³-hybridized carbons (Fsp3) is 0.500. The molecule has 1 rings (SSSR count). The molecule has 1 aromatic rings. The molecule has 0 bridgehead atoms. The summed E-state index contributed by atoms with van der Waals surface area (Å²) in [6.07, 6.45) is 0. The van der Waals surface area contributed by atoms with E-state index in [2.05, 4.69) is 6.07 Å². The second kappa shape index (κ2) is 6.75. The largest absolute Gasteiger partial charge is 0.494 e. The van der Waals surface area contributed by atoms with E-state index in [1.165, 1.54) is 5.56 Å². The Bertz CT molecular complexity index is 289. The summed E-state index contributed by atoms with van der Waals surface area (Å²) in [5.41, 5.74) is 6.96. The van der Waals surface area contributed by atoms with E-state index in [-0.39, 0.29) is 6.04 Å². The maximum absolute atomic E-state index is 5.70. The summed E-state index contributed by atoms with van der Waals surface area (Å²) in [5.74, 6) is 2.95. The fourth-order valence-electron chi connectivity index (χ4n) is 1.27. The summed E-state index contributed by atoms with van der Waals surface area (Å²) in [5, 5.41) is 0. The molecule has 0 aliphatic rings. The molecule has 3 heteroatoms. The first-order valence-electron chi connectivity index (χ1n) is 5.28. The van der Waals surface area contributed by atoms with Crippen molar-refractivity contribution < 1.29 is 4.74 Å². The van der Waals surface area contributed by atoms with Gasteiger partial charge in [-0.25, -0.2) is 0 Å². The fourth-order valence-corrected chi connectivity index (χ4v) is 2.22. The van der Waals surface area contributed by atoms with Gasteiger partial charge in [0.05, 0.1) is 6.61 Å². The van der Waals surface area contributed by atoms with Crippen LogP contribution in [0.2, 0.25) is 0 Å². The molecule has 0 aliphatic carbocycles. The van der Waals surface area contributed by atoms with Crippen LogP contribution in [0, 0.1) is 0 Å². The Balaban J connectivity index is 2.51. The highest BCUT2D eigenvalue weighted by Gasteiger charge is 2.02. The van der Waals surface area contributed by atoms with E-state index in [0.717, 1.165) is 23.9 Å². The van der Waals surface area contributed by atoms with Crippen LogP contribution in [0.5, 0.6) is 5.75 Å². The average molecular weight is 225 g/mol. The maximum Gasteiger partial charge on any atom is 0.123 e. The van der Waals surface area contributed by atoms with Gasteiger partial charge in [-0.1, -0.05) is 18.2 Å². The lowest BCUT2D eigenvalue weighted by molar-refractivity contribution is 0.337. The highest BCUT2D eigenvalue weighted by atomic mass is 32.2. The average Bonchev–Trinajstić information content (AvgIpc) is 2.20. The number of hydrogen-bond acceptors (Lipinski definition) is 3. The number of benzene rings is 1. The summed E-state index contributed by atoms with van der Waals surface area (Å²) in [6.45, 7) is 4.75. The van der Waals surface area contributed by atoms with Crippen molar-refractivity contribution in [2.45, 2.75) is 25.6 Å². The van der Waals surface area contributed by atoms with Crippen LogP contribution < -0.4 is 10.5 Å². The van der Waals surface area contributed by atoms with Crippen LogP contribution in [-0.4, -0.2) is 18.4 Å². The Labute approximate surface area is 96.2 Å². The standard InChI is InChI=1S/C12H19NOS/c1-3-14-12-7-5-4-6-11(12)9-15-8-10(2)13/h4-7,10H,3,8-9,13H2,1-2H3. The van der Waals surface area contributed by atoms with Gasteiger partial charge >= 0.3 is 0 Å². The predicted molar refractivity (Wildman–Crippen MR) is 67.4 cm³/mol. The van der Waals surface area contributed by atoms with E-state index in [1.807, 2.05) is 43.8 Å². The SMILES string of the molecule is CCOc1ccccc1CSCC(C)N. The van der Waals surface area contributed by atoms with Crippen molar-refractivity contribution in [3.8, 4) is 5.75 Å². The van der Waals surface area contributed by atoms with Gasteiger partial charge in [-0.05, 0) is 19.9 Å². The second-order valence-electron chi connectivity index (χ2n) is 3.53. The molecule has 1 aromatic carbocycles. The molecule has 0 radical (unpaired) electrons. The number of ether oxygens (including phenoxy) is 1. The Kier molecular flexibility index (Phi) is 5.58. The molecule has 0 saturated heterocycles. The molecule has 0 amide bonds. The third kappa shape index (κ3) is 4.58. The molecular weight excluding hydrogens is 206 g/mol. The zero-order valence-electron chi connectivity index (χ0n) is 9.40. The van der Waals surface area contributed by atoms with Crippen molar-refractivity contribution in [1.29, 1.82) is 0 Å². The van der Waals surface area contributed by atoms with Crippen LogP contribution in [0.3, 0.4) is 0 Å². The van der Waals surface area contributed by atoms with Crippen molar-refractivity contribution in [2.24, 2.45) is 5.73 Å². The monoisotopic (exact) mass is 225 g/mol. The van der Waals surface area contributed by atoms with Crippen LogP contribution in [0.25, 0.3) is 0 Å². The smallest absolute Gasteiger partial charge is 0.123 e. The van der Waals surface area contributed by atoms with Gasteiger partial charge in [0.1, 0.15) is 5.75 Å². The van der Waals surface area contributed by atoms with Gasteiger partial charge in [0.2, 0.25) is 0 Å². The minimum atomic E-state index is 0.259. The van der Waals surface area contributed by atoms with Crippen molar-refractivity contribution in [3.05, 3.63) is 29.8 Å². The summed E-state index contributed by atoms with van der Waals surface area (Å²) in [7, 11) is 0. The molecule has 1 atom stereocenters. The van der Waals surface area contributed by atoms with E-state index in [1.54, 1.807) is 0 Å². The van der Waals surface area contributed by atoms with E-state index >= 15 is 0 Å². The molecule has 0 aliphatic heterocycles. The number of nitrogens with two attached hydrogens (primary N) is 1. The van der Waals surface area contributed by atoms with Gasteiger partial charge in [-0.3, -0.25) is 0 Å². The molecule has 2 nitrogen and oxygen atoms in total. The molecule has 0 fully saturated rings. The first-order valence-corrected chi connectivity index (χ1v) is 6.43. The summed E-state index contributed by atoms with van der Waals surface area (Å²) < 4.78 is 5.55. The molecule has 15 heavy (non-hydrogen) atoms. The number of thioether (sulfide) groups is 1. The molecule has 2 N–H and O–H groups in total. The van der Waals surface area contributed by atoms with Gasteiger partial charge in [0.25, 0.3) is 0 Å². The van der Waals surface area contributed by atoms with Crippen LogP contribution in [0.15, 0.2) is 24.3 Å². The van der Waals surface area contributed by atoms with Crippen LogP contribution in [0.1, 0.15) is 19.4 Å². The van der Waals surface area contributed by atoms with E-state index in [0.29, 0.717) is 0 Å². The maximum atomic E-state index is 5.70. The Morgan fingerprint density at radius 2 is 2.13 bits per heavy atom. The van der Waals surface area contributed by atoms with Gasteiger partial charge in [-0.2, -0.15) is 11.8 Å². The highest BCUT2D eigenvalue weighted by molar-refractivity contribution is 7.98. The molecule has 0 spiro atoms. The van der Waals surface area contributed by atoms with E-state index in [9.17, 15) is 0 Å². The lowest BCUT2D eigenvalue weighted by Gasteiger charge is -2.10. The zero-order valence-corrected chi connectivity index (χ0v) is 10.2. The summed E-state index contributed by atoms with van der Waals surface area (Å²) in [6, 6.07) is 8.44. The topological polar surface area (TPSA) is 35.2 Å². The lowest BCUT2D eigenvalue weighted by Crippen LogP contribution is -2.17. The van der Waals surface area contributed by atoms with Crippen LogP contribution >= 0.6 is 11.8 Å². The predicted octanol–water partition coefficient (Wildman–Crippen LogP) is 2.67. The molecule has 0 saturated carbocycles. The van der Waals surface area contributed by atoms with E-state index in [4.69, 9.17) is 10.5 Å². The third-order valence-electron chi connectivity index (χ3n) is 1.91. The van der Waals surface area contributed by atoms with Crippen molar-refractivity contribution in [3.63, 3.8) is 0 Å². The minimum Gasteiger partial charge on any atom is -0.494 e. The Morgan fingerprint density at radius 1 is 1.40 bits per heavy atom. The molecule has 0 aromatic heterocycles. The molecule has 0 heterocycles. The van der Waals surface area contributed by atoms with Gasteiger partial charge in [0.15, 0.2) is 0 Å². The summed E-state index contributed by atoms with van der Waals surface area (Å²) >= 11 is 1.85.